The molecule has 0 aliphatic heterocycles. The van der Waals surface area contributed by atoms with Gasteiger partial charge in [-0.15, -0.1) is 11.3 Å². The Morgan fingerprint density at radius 2 is 1.95 bits per heavy atom. The largest absolute Gasteiger partial charge is 0.494 e. The van der Waals surface area contributed by atoms with E-state index in [2.05, 4.69) is 36.5 Å². The van der Waals surface area contributed by atoms with Crippen molar-refractivity contribution in [2.45, 2.75) is 39.2 Å². The lowest BCUT2D eigenvalue weighted by atomic mass is 9.93. The van der Waals surface area contributed by atoms with E-state index < -0.39 is 0 Å². The van der Waals surface area contributed by atoms with Gasteiger partial charge in [0.05, 0.1) is 12.3 Å². The minimum absolute atomic E-state index is 0.137. The summed E-state index contributed by atoms with van der Waals surface area (Å²) in [5, 5.41) is 6.74. The second-order valence-electron chi connectivity index (χ2n) is 6.07. The van der Waals surface area contributed by atoms with E-state index in [0.717, 1.165) is 36.9 Å². The van der Waals surface area contributed by atoms with Crippen LogP contribution in [-0.2, 0) is 12.0 Å². The van der Waals surface area contributed by atoms with E-state index in [0.29, 0.717) is 0 Å². The number of ether oxygens (including phenoxy) is 1. The molecule has 0 bridgehead atoms. The highest BCUT2D eigenvalue weighted by Gasteiger charge is 2.16. The predicted molar refractivity (Wildman–Crippen MR) is 89.1 cm³/mol. The lowest BCUT2D eigenvalue weighted by Gasteiger charge is -2.14. The topological polar surface area (TPSA) is 34.1 Å². The van der Waals surface area contributed by atoms with Crippen LogP contribution in [0.2, 0.25) is 0 Å². The lowest BCUT2D eigenvalue weighted by Crippen LogP contribution is -2.17. The molecule has 21 heavy (non-hydrogen) atoms. The fraction of sp³-hybridized carbons (Fsp3) is 0.471. The SMILES string of the molecule is CC(C)(C)c1csc(CNCCCOc2ccccc2)n1. The van der Waals surface area contributed by atoms with Gasteiger partial charge in [0.2, 0.25) is 0 Å². The first-order valence-corrected chi connectivity index (χ1v) is 8.27. The number of benzene rings is 1. The van der Waals surface area contributed by atoms with Gasteiger partial charge >= 0.3 is 0 Å². The standard InChI is InChI=1S/C17H24N2OS/c1-17(2,3)15-13-21-16(19-15)12-18-10-7-11-20-14-8-5-4-6-9-14/h4-6,8-9,13,18H,7,10-12H2,1-3H3. The molecule has 0 spiro atoms. The van der Waals surface area contributed by atoms with Gasteiger partial charge in [-0.2, -0.15) is 0 Å². The second-order valence-corrected chi connectivity index (χ2v) is 7.01. The average molecular weight is 304 g/mol. The molecular weight excluding hydrogens is 280 g/mol. The minimum atomic E-state index is 0.137. The number of thiazole rings is 1. The fourth-order valence-corrected chi connectivity index (χ4v) is 2.83. The van der Waals surface area contributed by atoms with Gasteiger partial charge < -0.3 is 10.1 Å². The molecule has 1 aromatic carbocycles. The Hall–Kier alpha value is -1.39. The molecule has 4 heteroatoms. The van der Waals surface area contributed by atoms with E-state index >= 15 is 0 Å². The van der Waals surface area contributed by atoms with Crippen molar-refractivity contribution in [2.24, 2.45) is 0 Å². The van der Waals surface area contributed by atoms with Crippen LogP contribution in [0.5, 0.6) is 5.75 Å². The molecule has 0 saturated heterocycles. The molecule has 0 aliphatic rings. The molecule has 3 nitrogen and oxygen atoms in total. The molecule has 1 heterocycles. The maximum Gasteiger partial charge on any atom is 0.119 e. The smallest absolute Gasteiger partial charge is 0.119 e. The number of hydrogen-bond acceptors (Lipinski definition) is 4. The highest BCUT2D eigenvalue weighted by molar-refractivity contribution is 7.09. The van der Waals surface area contributed by atoms with Gasteiger partial charge in [-0.25, -0.2) is 4.98 Å². The van der Waals surface area contributed by atoms with Crippen LogP contribution in [0.25, 0.3) is 0 Å². The summed E-state index contributed by atoms with van der Waals surface area (Å²) >= 11 is 1.73. The second kappa shape index (κ2) is 7.57. The zero-order valence-corrected chi connectivity index (χ0v) is 13.9. The summed E-state index contributed by atoms with van der Waals surface area (Å²) in [7, 11) is 0. The van der Waals surface area contributed by atoms with Crippen LogP contribution in [-0.4, -0.2) is 18.1 Å². The zero-order valence-electron chi connectivity index (χ0n) is 13.1. The third-order valence-electron chi connectivity index (χ3n) is 3.11. The van der Waals surface area contributed by atoms with Gasteiger partial charge in [0.1, 0.15) is 10.8 Å². The lowest BCUT2D eigenvalue weighted by molar-refractivity contribution is 0.308. The summed E-state index contributed by atoms with van der Waals surface area (Å²) in [5.74, 6) is 0.937. The minimum Gasteiger partial charge on any atom is -0.494 e. The molecular formula is C17H24N2OS. The van der Waals surface area contributed by atoms with E-state index in [1.165, 1.54) is 5.69 Å². The molecule has 1 N–H and O–H groups in total. The quantitative estimate of drug-likeness (QED) is 0.785. The average Bonchev–Trinajstić information content (AvgIpc) is 2.93. The number of rotatable bonds is 7. The van der Waals surface area contributed by atoms with Crippen LogP contribution < -0.4 is 10.1 Å². The van der Waals surface area contributed by atoms with Gasteiger partial charge in [0, 0.05) is 17.3 Å². The summed E-state index contributed by atoms with van der Waals surface area (Å²) in [6.07, 6.45) is 0.992. The van der Waals surface area contributed by atoms with E-state index in [9.17, 15) is 0 Å². The van der Waals surface area contributed by atoms with Gasteiger partial charge in [0.15, 0.2) is 0 Å². The first-order chi connectivity index (χ1) is 10.1. The van der Waals surface area contributed by atoms with Crippen molar-refractivity contribution in [3.05, 3.63) is 46.4 Å². The van der Waals surface area contributed by atoms with Crippen molar-refractivity contribution in [3.63, 3.8) is 0 Å². The predicted octanol–water partition coefficient (Wildman–Crippen LogP) is 4.00. The first-order valence-electron chi connectivity index (χ1n) is 7.39. The highest BCUT2D eigenvalue weighted by atomic mass is 32.1. The van der Waals surface area contributed by atoms with Crippen molar-refractivity contribution in [3.8, 4) is 5.75 Å². The molecule has 0 unspecified atom stereocenters. The Morgan fingerprint density at radius 3 is 2.62 bits per heavy atom. The number of para-hydroxylation sites is 1. The number of nitrogens with zero attached hydrogens (tertiary/aromatic N) is 1. The molecule has 2 rings (SSSR count). The highest BCUT2D eigenvalue weighted by Crippen LogP contribution is 2.23. The molecule has 114 valence electrons. The van der Waals surface area contributed by atoms with Crippen LogP contribution in [0.3, 0.4) is 0 Å². The monoisotopic (exact) mass is 304 g/mol. The van der Waals surface area contributed by atoms with Crippen LogP contribution in [0.1, 0.15) is 37.9 Å². The van der Waals surface area contributed by atoms with Crippen molar-refractivity contribution in [1.29, 1.82) is 0 Å². The van der Waals surface area contributed by atoms with E-state index in [-0.39, 0.29) is 5.41 Å². The van der Waals surface area contributed by atoms with Crippen LogP contribution in [0.4, 0.5) is 0 Å². The zero-order chi connectivity index (χ0) is 15.1. The van der Waals surface area contributed by atoms with Crippen molar-refractivity contribution >= 4 is 11.3 Å². The number of nitrogens with one attached hydrogen (secondary N) is 1. The number of aromatic nitrogens is 1. The summed E-state index contributed by atoms with van der Waals surface area (Å²) in [6.45, 7) is 9.10. The molecule has 2 aromatic rings. The summed E-state index contributed by atoms with van der Waals surface area (Å²) in [6, 6.07) is 9.94. The maximum absolute atomic E-state index is 5.65. The van der Waals surface area contributed by atoms with Crippen LogP contribution >= 0.6 is 11.3 Å². The molecule has 0 amide bonds. The van der Waals surface area contributed by atoms with Gasteiger partial charge in [-0.1, -0.05) is 39.0 Å². The van der Waals surface area contributed by atoms with E-state index in [1.807, 2.05) is 30.3 Å². The Labute approximate surface area is 131 Å². The van der Waals surface area contributed by atoms with E-state index in [4.69, 9.17) is 4.74 Å². The first kappa shape index (κ1) is 16.0. The van der Waals surface area contributed by atoms with Gasteiger partial charge in [-0.05, 0) is 25.1 Å². The fourth-order valence-electron chi connectivity index (χ4n) is 1.84. The van der Waals surface area contributed by atoms with Crippen molar-refractivity contribution in [2.75, 3.05) is 13.2 Å². The van der Waals surface area contributed by atoms with Crippen LogP contribution in [0, 0.1) is 0 Å². The Morgan fingerprint density at radius 1 is 1.19 bits per heavy atom. The summed E-state index contributed by atoms with van der Waals surface area (Å²) < 4.78 is 5.65. The molecule has 0 radical (unpaired) electrons. The summed E-state index contributed by atoms with van der Waals surface area (Å²) in [4.78, 5) is 4.67. The molecule has 0 fully saturated rings. The van der Waals surface area contributed by atoms with E-state index in [1.54, 1.807) is 11.3 Å². The molecule has 0 atom stereocenters. The molecule has 1 aromatic heterocycles. The molecule has 0 aliphatic carbocycles. The van der Waals surface area contributed by atoms with Gasteiger partial charge in [-0.3, -0.25) is 0 Å². The van der Waals surface area contributed by atoms with Crippen molar-refractivity contribution < 1.29 is 4.74 Å². The van der Waals surface area contributed by atoms with Gasteiger partial charge in [0.25, 0.3) is 0 Å². The third-order valence-corrected chi connectivity index (χ3v) is 3.96. The number of hydrogen-bond donors (Lipinski definition) is 1. The Bertz CT molecular complexity index is 531. The molecule has 0 saturated carbocycles. The maximum atomic E-state index is 5.65. The Kier molecular flexibility index (Phi) is 5.76. The summed E-state index contributed by atoms with van der Waals surface area (Å²) in [5.41, 5.74) is 1.31. The Balaban J connectivity index is 1.61. The third kappa shape index (κ3) is 5.48. The normalized spacial score (nSPS) is 11.6. The van der Waals surface area contributed by atoms with Crippen molar-refractivity contribution in [1.82, 2.24) is 10.3 Å². The van der Waals surface area contributed by atoms with Crippen LogP contribution in [0.15, 0.2) is 35.7 Å².